The van der Waals surface area contributed by atoms with Crippen molar-refractivity contribution >= 4 is 23.0 Å². The van der Waals surface area contributed by atoms with Crippen molar-refractivity contribution in [1.82, 2.24) is 15.6 Å². The first kappa shape index (κ1) is 18.7. The molecule has 0 fully saturated rings. The highest BCUT2D eigenvalue weighted by Gasteiger charge is 2.13. The quantitative estimate of drug-likeness (QED) is 0.627. The highest BCUT2D eigenvalue weighted by Crippen LogP contribution is 2.26. The van der Waals surface area contributed by atoms with Crippen molar-refractivity contribution in [1.29, 1.82) is 0 Å². The number of nitrogens with one attached hydrogen (secondary N) is 2. The van der Waals surface area contributed by atoms with Gasteiger partial charge in [0.1, 0.15) is 0 Å². The summed E-state index contributed by atoms with van der Waals surface area (Å²) in [4.78, 5) is 12.6. The highest BCUT2D eigenvalue weighted by molar-refractivity contribution is 7.11. The lowest BCUT2D eigenvalue weighted by Gasteiger charge is -2.28. The van der Waals surface area contributed by atoms with Gasteiger partial charge in [0.2, 0.25) is 0 Å². The van der Waals surface area contributed by atoms with E-state index in [-0.39, 0.29) is 0 Å². The first-order valence-electron chi connectivity index (χ1n) is 9.27. The number of fused-ring (bicyclic) bond motifs is 1. The molecular weight excluding hydrogens is 342 g/mol. The van der Waals surface area contributed by atoms with Crippen molar-refractivity contribution in [2.45, 2.75) is 39.7 Å². The van der Waals surface area contributed by atoms with Crippen LogP contribution in [0.25, 0.3) is 0 Å². The van der Waals surface area contributed by atoms with Crippen molar-refractivity contribution in [2.75, 3.05) is 32.1 Å². The third kappa shape index (κ3) is 4.55. The Morgan fingerprint density at radius 1 is 1.31 bits per heavy atom. The average molecular weight is 372 g/mol. The van der Waals surface area contributed by atoms with E-state index in [9.17, 15) is 0 Å². The van der Waals surface area contributed by atoms with Crippen molar-refractivity contribution in [3.63, 3.8) is 0 Å². The molecule has 0 bridgehead atoms. The second-order valence-corrected chi connectivity index (χ2v) is 8.13. The van der Waals surface area contributed by atoms with E-state index in [1.807, 2.05) is 7.05 Å². The third-order valence-electron chi connectivity index (χ3n) is 4.88. The molecule has 0 amide bonds. The first-order valence-corrected chi connectivity index (χ1v) is 10.1. The zero-order chi connectivity index (χ0) is 18.5. The summed E-state index contributed by atoms with van der Waals surface area (Å²) in [6, 6.07) is 6.78. The van der Waals surface area contributed by atoms with E-state index in [4.69, 9.17) is 0 Å². The number of thiazole rings is 1. The SMILES string of the molecule is CN=C(NCCc1nc(C)c(C)s1)NCc1ccc2c(c1)CCCN2C. The molecule has 0 saturated carbocycles. The van der Waals surface area contributed by atoms with Gasteiger partial charge in [-0.3, -0.25) is 4.99 Å². The Hall–Kier alpha value is -2.08. The van der Waals surface area contributed by atoms with Crippen LogP contribution in [0.3, 0.4) is 0 Å². The van der Waals surface area contributed by atoms with Gasteiger partial charge in [-0.2, -0.15) is 0 Å². The highest BCUT2D eigenvalue weighted by atomic mass is 32.1. The molecule has 6 heteroatoms. The van der Waals surface area contributed by atoms with E-state index in [1.54, 1.807) is 11.3 Å². The van der Waals surface area contributed by atoms with Crippen LogP contribution in [0.4, 0.5) is 5.69 Å². The number of aryl methyl sites for hydroxylation is 3. The van der Waals surface area contributed by atoms with Crippen molar-refractivity contribution < 1.29 is 0 Å². The van der Waals surface area contributed by atoms with Gasteiger partial charge in [-0.1, -0.05) is 12.1 Å². The summed E-state index contributed by atoms with van der Waals surface area (Å²) in [5.74, 6) is 0.838. The Morgan fingerprint density at radius 2 is 2.15 bits per heavy atom. The van der Waals surface area contributed by atoms with Crippen molar-refractivity contribution in [2.24, 2.45) is 4.99 Å². The Kier molecular flexibility index (Phi) is 6.14. The number of hydrogen-bond acceptors (Lipinski definition) is 4. The summed E-state index contributed by atoms with van der Waals surface area (Å²) in [5.41, 5.74) is 5.27. The molecule has 5 nitrogen and oxygen atoms in total. The lowest BCUT2D eigenvalue weighted by atomic mass is 9.99. The van der Waals surface area contributed by atoms with E-state index in [2.05, 4.69) is 64.6 Å². The Labute approximate surface area is 160 Å². The van der Waals surface area contributed by atoms with Gasteiger partial charge in [0.05, 0.1) is 10.7 Å². The number of rotatable bonds is 5. The van der Waals surface area contributed by atoms with Gasteiger partial charge in [-0.15, -0.1) is 11.3 Å². The van der Waals surface area contributed by atoms with Crippen LogP contribution in [0.15, 0.2) is 23.2 Å². The fourth-order valence-corrected chi connectivity index (χ4v) is 4.22. The van der Waals surface area contributed by atoms with Crippen LogP contribution in [0.2, 0.25) is 0 Å². The monoisotopic (exact) mass is 371 g/mol. The average Bonchev–Trinajstić information content (AvgIpc) is 2.95. The van der Waals surface area contributed by atoms with Crippen LogP contribution < -0.4 is 15.5 Å². The second kappa shape index (κ2) is 8.54. The first-order chi connectivity index (χ1) is 12.6. The molecule has 2 aromatic rings. The molecule has 2 N–H and O–H groups in total. The van der Waals surface area contributed by atoms with E-state index in [0.717, 1.165) is 37.7 Å². The van der Waals surface area contributed by atoms with Crippen LogP contribution in [0, 0.1) is 13.8 Å². The number of nitrogens with zero attached hydrogens (tertiary/aromatic N) is 3. The van der Waals surface area contributed by atoms with Crippen LogP contribution in [-0.4, -0.2) is 38.1 Å². The normalized spacial score (nSPS) is 14.3. The number of guanidine groups is 1. The fraction of sp³-hybridized carbons (Fsp3) is 0.500. The number of aliphatic imine (C=N–C) groups is 1. The minimum atomic E-state index is 0.784. The predicted octanol–water partition coefficient (Wildman–Crippen LogP) is 3.05. The molecule has 140 valence electrons. The molecule has 0 saturated heterocycles. The number of hydrogen-bond donors (Lipinski definition) is 2. The van der Waals surface area contributed by atoms with Gasteiger partial charge < -0.3 is 15.5 Å². The summed E-state index contributed by atoms with van der Waals surface area (Å²) >= 11 is 1.78. The molecule has 1 aromatic carbocycles. The van der Waals surface area contributed by atoms with Crippen LogP contribution in [-0.2, 0) is 19.4 Å². The lowest BCUT2D eigenvalue weighted by Crippen LogP contribution is -2.37. The van der Waals surface area contributed by atoms with Crippen LogP contribution >= 0.6 is 11.3 Å². The topological polar surface area (TPSA) is 52.6 Å². The molecule has 0 aliphatic carbocycles. The number of aromatic nitrogens is 1. The third-order valence-corrected chi connectivity index (χ3v) is 6.02. The van der Waals surface area contributed by atoms with Crippen LogP contribution in [0.5, 0.6) is 0 Å². The smallest absolute Gasteiger partial charge is 0.191 e. The molecular formula is C20H29N5S. The predicted molar refractivity (Wildman–Crippen MR) is 112 cm³/mol. The van der Waals surface area contributed by atoms with Gasteiger partial charge in [-0.05, 0) is 43.9 Å². The standard InChI is InChI=1S/C20H29N5S/c1-14-15(2)26-19(24-14)9-10-22-20(21-3)23-13-16-7-8-18-17(12-16)6-5-11-25(18)4/h7-8,12H,5-6,9-11,13H2,1-4H3,(H2,21,22,23). The molecule has 0 spiro atoms. The molecule has 2 heterocycles. The summed E-state index contributed by atoms with van der Waals surface area (Å²) in [7, 11) is 3.99. The van der Waals surface area contributed by atoms with E-state index in [1.165, 1.54) is 39.5 Å². The number of anilines is 1. The molecule has 1 aromatic heterocycles. The Balaban J connectivity index is 1.49. The van der Waals surface area contributed by atoms with E-state index < -0.39 is 0 Å². The van der Waals surface area contributed by atoms with Gasteiger partial charge in [-0.25, -0.2) is 4.98 Å². The molecule has 26 heavy (non-hydrogen) atoms. The minimum Gasteiger partial charge on any atom is -0.374 e. The zero-order valence-corrected chi connectivity index (χ0v) is 17.0. The maximum absolute atomic E-state index is 4.59. The molecule has 0 unspecified atom stereocenters. The number of benzene rings is 1. The summed E-state index contributed by atoms with van der Waals surface area (Å²) in [6.45, 7) is 6.97. The molecule has 0 radical (unpaired) electrons. The summed E-state index contributed by atoms with van der Waals surface area (Å²) < 4.78 is 0. The van der Waals surface area contributed by atoms with E-state index >= 15 is 0 Å². The summed E-state index contributed by atoms with van der Waals surface area (Å²) in [6.07, 6.45) is 3.33. The van der Waals surface area contributed by atoms with Gasteiger partial charge in [0, 0.05) is 50.7 Å². The summed E-state index contributed by atoms with van der Waals surface area (Å²) in [5, 5.41) is 7.98. The minimum absolute atomic E-state index is 0.784. The molecule has 0 atom stereocenters. The van der Waals surface area contributed by atoms with Gasteiger partial charge in [0.25, 0.3) is 0 Å². The maximum Gasteiger partial charge on any atom is 0.191 e. The Bertz CT molecular complexity index is 761. The van der Waals surface area contributed by atoms with Crippen molar-refractivity contribution in [3.05, 3.63) is 44.9 Å². The lowest BCUT2D eigenvalue weighted by molar-refractivity contribution is 0.740. The van der Waals surface area contributed by atoms with E-state index in [0.29, 0.717) is 0 Å². The second-order valence-electron chi connectivity index (χ2n) is 6.84. The Morgan fingerprint density at radius 3 is 2.88 bits per heavy atom. The molecule has 1 aliphatic heterocycles. The molecule has 1 aliphatic rings. The molecule has 3 rings (SSSR count). The zero-order valence-electron chi connectivity index (χ0n) is 16.2. The van der Waals surface area contributed by atoms with Crippen molar-refractivity contribution in [3.8, 4) is 0 Å². The van der Waals surface area contributed by atoms with Gasteiger partial charge >= 0.3 is 0 Å². The maximum atomic E-state index is 4.59. The largest absolute Gasteiger partial charge is 0.374 e. The van der Waals surface area contributed by atoms with Crippen LogP contribution in [0.1, 0.15) is 33.1 Å². The van der Waals surface area contributed by atoms with Gasteiger partial charge in [0.15, 0.2) is 5.96 Å². The fourth-order valence-electron chi connectivity index (χ4n) is 3.29.